The summed E-state index contributed by atoms with van der Waals surface area (Å²) in [6, 6.07) is 2.89. The highest BCUT2D eigenvalue weighted by atomic mass is 32.1. The summed E-state index contributed by atoms with van der Waals surface area (Å²) >= 11 is 0.932. The molecule has 1 aromatic heterocycles. The smallest absolute Gasteiger partial charge is 0.345 e. The van der Waals surface area contributed by atoms with Gasteiger partial charge in [-0.05, 0) is 26.0 Å². The van der Waals surface area contributed by atoms with Crippen molar-refractivity contribution < 1.29 is 19.8 Å². The summed E-state index contributed by atoms with van der Waals surface area (Å²) in [7, 11) is 1.58. The summed E-state index contributed by atoms with van der Waals surface area (Å²) in [5.41, 5.74) is -0.676. The van der Waals surface area contributed by atoms with Crippen LogP contribution >= 0.6 is 11.3 Å². The molecular formula is C11H15NO4S. The molecule has 0 fully saturated rings. The fraction of sp³-hybridized carbons (Fsp3) is 0.455. The predicted octanol–water partition coefficient (Wildman–Crippen LogP) is 1.29. The van der Waals surface area contributed by atoms with Gasteiger partial charge in [0.1, 0.15) is 4.88 Å². The minimum Gasteiger partial charge on any atom is -0.477 e. The lowest BCUT2D eigenvalue weighted by atomic mass is 10.1. The molecule has 0 radical (unpaired) electrons. The molecular weight excluding hydrogens is 242 g/mol. The number of aliphatic hydroxyl groups is 1. The van der Waals surface area contributed by atoms with E-state index >= 15 is 0 Å². The average molecular weight is 257 g/mol. The van der Waals surface area contributed by atoms with E-state index in [1.54, 1.807) is 20.9 Å². The van der Waals surface area contributed by atoms with E-state index in [0.717, 1.165) is 11.3 Å². The van der Waals surface area contributed by atoms with Gasteiger partial charge in [-0.3, -0.25) is 4.79 Å². The van der Waals surface area contributed by atoms with Crippen LogP contribution in [0.4, 0.5) is 0 Å². The quantitative estimate of drug-likeness (QED) is 0.852. The number of nitrogens with zero attached hydrogens (tertiary/aromatic N) is 1. The summed E-state index contributed by atoms with van der Waals surface area (Å²) in [5.74, 6) is -1.33. The second kappa shape index (κ2) is 4.85. The molecule has 1 amide bonds. The van der Waals surface area contributed by atoms with Crippen LogP contribution in [0.25, 0.3) is 0 Å². The average Bonchev–Trinajstić information content (AvgIpc) is 2.76. The van der Waals surface area contributed by atoms with Crippen molar-refractivity contribution in [3.8, 4) is 0 Å². The van der Waals surface area contributed by atoms with Crippen LogP contribution in [0.2, 0.25) is 0 Å². The van der Waals surface area contributed by atoms with E-state index in [4.69, 9.17) is 10.2 Å². The summed E-state index contributed by atoms with van der Waals surface area (Å²) < 4.78 is 0. The van der Waals surface area contributed by atoms with E-state index in [-0.39, 0.29) is 17.4 Å². The molecule has 0 atom stereocenters. The van der Waals surface area contributed by atoms with Gasteiger partial charge in [-0.25, -0.2) is 4.79 Å². The third-order valence-electron chi connectivity index (χ3n) is 2.63. The highest BCUT2D eigenvalue weighted by Gasteiger charge is 2.28. The third kappa shape index (κ3) is 2.83. The Kier molecular flexibility index (Phi) is 3.90. The van der Waals surface area contributed by atoms with E-state index in [2.05, 4.69) is 0 Å². The van der Waals surface area contributed by atoms with Crippen molar-refractivity contribution in [1.82, 2.24) is 4.90 Å². The molecule has 0 bridgehead atoms. The fourth-order valence-electron chi connectivity index (χ4n) is 1.11. The van der Waals surface area contributed by atoms with Crippen molar-refractivity contribution in [2.24, 2.45) is 0 Å². The van der Waals surface area contributed by atoms with Gasteiger partial charge in [-0.1, -0.05) is 0 Å². The lowest BCUT2D eigenvalue weighted by Gasteiger charge is -2.33. The van der Waals surface area contributed by atoms with Gasteiger partial charge in [0.05, 0.1) is 17.0 Å². The summed E-state index contributed by atoms with van der Waals surface area (Å²) in [5, 5.41) is 17.9. The first-order chi connectivity index (χ1) is 7.79. The maximum Gasteiger partial charge on any atom is 0.345 e. The second-order valence-electron chi connectivity index (χ2n) is 4.30. The number of carboxylic acid groups (broad SMARTS) is 1. The molecule has 0 aliphatic carbocycles. The lowest BCUT2D eigenvalue weighted by Crippen LogP contribution is -2.47. The molecule has 0 saturated heterocycles. The standard InChI is InChI=1S/C11H15NO4S/c1-11(2,6-13)12(3)9(14)7-4-5-8(17-7)10(15)16/h4-5,13H,6H2,1-3H3,(H,15,16). The Bertz CT molecular complexity index is 438. The van der Waals surface area contributed by atoms with Crippen molar-refractivity contribution >= 4 is 23.2 Å². The molecule has 1 aromatic rings. The molecule has 6 heteroatoms. The third-order valence-corrected chi connectivity index (χ3v) is 3.69. The number of carbonyl (C=O) groups is 2. The van der Waals surface area contributed by atoms with Gasteiger partial charge in [0.2, 0.25) is 0 Å². The highest BCUT2D eigenvalue weighted by Crippen LogP contribution is 2.21. The fourth-order valence-corrected chi connectivity index (χ4v) is 1.93. The van der Waals surface area contributed by atoms with Gasteiger partial charge in [0.15, 0.2) is 0 Å². The Hall–Kier alpha value is -1.40. The van der Waals surface area contributed by atoms with Crippen LogP contribution in [0.1, 0.15) is 33.2 Å². The van der Waals surface area contributed by atoms with Gasteiger partial charge in [0, 0.05) is 7.05 Å². The predicted molar refractivity (Wildman–Crippen MR) is 64.5 cm³/mol. The SMILES string of the molecule is CN(C(=O)c1ccc(C(=O)O)s1)C(C)(C)CO. The van der Waals surface area contributed by atoms with Gasteiger partial charge in [0.25, 0.3) is 5.91 Å². The number of hydrogen-bond donors (Lipinski definition) is 2. The van der Waals surface area contributed by atoms with Gasteiger partial charge in [-0.2, -0.15) is 0 Å². The number of carboxylic acids is 1. The van der Waals surface area contributed by atoms with Gasteiger partial charge in [-0.15, -0.1) is 11.3 Å². The van der Waals surface area contributed by atoms with Crippen LogP contribution in [0, 0.1) is 0 Å². The molecule has 1 heterocycles. The van der Waals surface area contributed by atoms with E-state index in [0.29, 0.717) is 4.88 Å². The first-order valence-corrected chi connectivity index (χ1v) is 5.83. The Labute approximate surface area is 103 Å². The van der Waals surface area contributed by atoms with E-state index in [9.17, 15) is 9.59 Å². The molecule has 0 aliphatic rings. The van der Waals surface area contributed by atoms with Gasteiger partial charge >= 0.3 is 5.97 Å². The van der Waals surface area contributed by atoms with E-state index in [1.807, 2.05) is 0 Å². The normalized spacial score (nSPS) is 11.3. The minimum atomic E-state index is -1.04. The molecule has 1 rings (SSSR count). The number of rotatable bonds is 4. The number of likely N-dealkylation sites (N-methyl/N-ethyl adjacent to an activating group) is 1. The number of amides is 1. The molecule has 0 aromatic carbocycles. The molecule has 0 aliphatic heterocycles. The molecule has 94 valence electrons. The van der Waals surface area contributed by atoms with Crippen LogP contribution in [0.5, 0.6) is 0 Å². The van der Waals surface area contributed by atoms with Crippen LogP contribution < -0.4 is 0 Å². The van der Waals surface area contributed by atoms with Crippen molar-refractivity contribution in [2.45, 2.75) is 19.4 Å². The zero-order valence-corrected chi connectivity index (χ0v) is 10.7. The number of carbonyl (C=O) groups excluding carboxylic acids is 1. The summed E-state index contributed by atoms with van der Waals surface area (Å²) in [4.78, 5) is 24.6. The molecule has 0 spiro atoms. The van der Waals surface area contributed by atoms with Crippen molar-refractivity contribution in [3.05, 3.63) is 21.9 Å². The van der Waals surface area contributed by atoms with Gasteiger partial charge < -0.3 is 15.1 Å². The second-order valence-corrected chi connectivity index (χ2v) is 5.39. The largest absolute Gasteiger partial charge is 0.477 e. The Morgan fingerprint density at radius 3 is 2.29 bits per heavy atom. The molecule has 17 heavy (non-hydrogen) atoms. The first kappa shape index (κ1) is 13.7. The maximum absolute atomic E-state index is 12.0. The van der Waals surface area contributed by atoms with E-state index in [1.165, 1.54) is 17.0 Å². The number of aliphatic hydroxyl groups excluding tert-OH is 1. The van der Waals surface area contributed by atoms with Crippen LogP contribution in [0.3, 0.4) is 0 Å². The number of hydrogen-bond acceptors (Lipinski definition) is 4. The summed E-state index contributed by atoms with van der Waals surface area (Å²) in [6.07, 6.45) is 0. The number of aromatic carboxylic acids is 1. The zero-order chi connectivity index (χ0) is 13.2. The monoisotopic (exact) mass is 257 g/mol. The van der Waals surface area contributed by atoms with E-state index < -0.39 is 11.5 Å². The molecule has 2 N–H and O–H groups in total. The van der Waals surface area contributed by atoms with Crippen LogP contribution in [-0.4, -0.2) is 46.2 Å². The highest BCUT2D eigenvalue weighted by molar-refractivity contribution is 7.15. The van der Waals surface area contributed by atoms with Crippen LogP contribution in [-0.2, 0) is 0 Å². The summed E-state index contributed by atoms with van der Waals surface area (Å²) in [6.45, 7) is 3.31. The molecule has 0 unspecified atom stereocenters. The van der Waals surface area contributed by atoms with Crippen molar-refractivity contribution in [1.29, 1.82) is 0 Å². The Morgan fingerprint density at radius 1 is 1.35 bits per heavy atom. The maximum atomic E-state index is 12.0. The van der Waals surface area contributed by atoms with Crippen LogP contribution in [0.15, 0.2) is 12.1 Å². The van der Waals surface area contributed by atoms with Crippen molar-refractivity contribution in [3.63, 3.8) is 0 Å². The lowest BCUT2D eigenvalue weighted by molar-refractivity contribution is 0.0477. The minimum absolute atomic E-state index is 0.128. The molecule has 5 nitrogen and oxygen atoms in total. The Balaban J connectivity index is 2.93. The topological polar surface area (TPSA) is 77.8 Å². The number of thiophene rings is 1. The zero-order valence-electron chi connectivity index (χ0n) is 9.93. The first-order valence-electron chi connectivity index (χ1n) is 5.01. The molecule has 0 saturated carbocycles. The Morgan fingerprint density at radius 2 is 1.88 bits per heavy atom. The van der Waals surface area contributed by atoms with Crippen molar-refractivity contribution in [2.75, 3.05) is 13.7 Å².